The summed E-state index contributed by atoms with van der Waals surface area (Å²) in [4.78, 5) is 11.4. The third-order valence-corrected chi connectivity index (χ3v) is 5.46. The first-order chi connectivity index (χ1) is 13.2. The maximum Gasteiger partial charge on any atom is 0.305 e. The molecule has 1 N–H and O–H groups in total. The number of halogens is 1. The average molecular weight is 405 g/mol. The number of hydrogen-bond acceptors (Lipinski definition) is 3. The smallest absolute Gasteiger partial charge is 0.305 e. The van der Waals surface area contributed by atoms with Crippen LogP contribution < -0.4 is 0 Å². The Morgan fingerprint density at radius 3 is 1.48 bits per heavy atom. The number of esters is 1. The zero-order chi connectivity index (χ0) is 20.0. The molecule has 4 heteroatoms. The Balaban J connectivity index is 3.11. The molecule has 1 unspecified atom stereocenters. The van der Waals surface area contributed by atoms with Crippen molar-refractivity contribution in [2.24, 2.45) is 0 Å². The average Bonchev–Trinajstić information content (AvgIpc) is 2.68. The summed E-state index contributed by atoms with van der Waals surface area (Å²) in [5.41, 5.74) is 0. The standard InChI is InChI=1S/C23H45ClO3/c1-2-3-4-5-6-7-8-9-10-11-12-13-14-15-16-17-18-19-23(26)27-21-22(25)20-24/h22,25H,2-21H2,1H3. The van der Waals surface area contributed by atoms with Crippen LogP contribution in [0.1, 0.15) is 122 Å². The lowest BCUT2D eigenvalue weighted by Gasteiger charge is -2.08. The van der Waals surface area contributed by atoms with Crippen molar-refractivity contribution in [2.75, 3.05) is 12.5 Å². The Kier molecular flexibility index (Phi) is 21.8. The third kappa shape index (κ3) is 21.9. The Morgan fingerprint density at radius 2 is 1.11 bits per heavy atom. The van der Waals surface area contributed by atoms with E-state index in [2.05, 4.69) is 6.92 Å². The van der Waals surface area contributed by atoms with Gasteiger partial charge in [0, 0.05) is 6.42 Å². The first kappa shape index (κ1) is 26.7. The number of hydrogen-bond donors (Lipinski definition) is 1. The van der Waals surface area contributed by atoms with Crippen LogP contribution in [0.15, 0.2) is 0 Å². The van der Waals surface area contributed by atoms with Gasteiger partial charge < -0.3 is 9.84 Å². The van der Waals surface area contributed by atoms with E-state index in [1.807, 2.05) is 0 Å². The van der Waals surface area contributed by atoms with Crippen LogP contribution >= 0.6 is 11.6 Å². The lowest BCUT2D eigenvalue weighted by atomic mass is 10.0. The van der Waals surface area contributed by atoms with E-state index in [1.165, 1.54) is 96.3 Å². The molecule has 0 rings (SSSR count). The van der Waals surface area contributed by atoms with Gasteiger partial charge in [-0.05, 0) is 6.42 Å². The number of alkyl halides is 1. The van der Waals surface area contributed by atoms with E-state index in [0.717, 1.165) is 12.8 Å². The number of carbonyl (C=O) groups is 1. The van der Waals surface area contributed by atoms with Crippen molar-refractivity contribution >= 4 is 17.6 Å². The van der Waals surface area contributed by atoms with E-state index >= 15 is 0 Å². The summed E-state index contributed by atoms with van der Waals surface area (Å²) in [5, 5.41) is 9.22. The highest BCUT2D eigenvalue weighted by molar-refractivity contribution is 6.18. The second kappa shape index (κ2) is 22.0. The third-order valence-electron chi connectivity index (χ3n) is 5.10. The molecule has 0 amide bonds. The second-order valence-corrected chi connectivity index (χ2v) is 8.21. The highest BCUT2D eigenvalue weighted by atomic mass is 35.5. The van der Waals surface area contributed by atoms with E-state index in [4.69, 9.17) is 16.3 Å². The summed E-state index contributed by atoms with van der Waals surface area (Å²) in [6.07, 6.45) is 22.4. The molecule has 0 saturated heterocycles. The highest BCUT2D eigenvalue weighted by Crippen LogP contribution is 2.14. The minimum Gasteiger partial charge on any atom is -0.463 e. The van der Waals surface area contributed by atoms with Crippen molar-refractivity contribution in [3.63, 3.8) is 0 Å². The number of carbonyl (C=O) groups excluding carboxylic acids is 1. The molecule has 0 aromatic heterocycles. The van der Waals surface area contributed by atoms with Gasteiger partial charge in [-0.25, -0.2) is 0 Å². The van der Waals surface area contributed by atoms with Gasteiger partial charge >= 0.3 is 5.97 Å². The van der Waals surface area contributed by atoms with Crippen molar-refractivity contribution in [1.29, 1.82) is 0 Å². The lowest BCUT2D eigenvalue weighted by molar-refractivity contribution is -0.146. The van der Waals surface area contributed by atoms with Gasteiger partial charge in [0.1, 0.15) is 12.7 Å². The van der Waals surface area contributed by atoms with Crippen molar-refractivity contribution in [2.45, 2.75) is 129 Å². The Labute approximate surface area is 173 Å². The van der Waals surface area contributed by atoms with Crippen LogP contribution in [0.4, 0.5) is 0 Å². The topological polar surface area (TPSA) is 46.5 Å². The van der Waals surface area contributed by atoms with Crippen LogP contribution in [0.5, 0.6) is 0 Å². The Morgan fingerprint density at radius 1 is 0.741 bits per heavy atom. The number of unbranched alkanes of at least 4 members (excludes halogenated alkanes) is 16. The van der Waals surface area contributed by atoms with E-state index in [0.29, 0.717) is 6.42 Å². The van der Waals surface area contributed by atoms with Crippen molar-refractivity contribution in [3.8, 4) is 0 Å². The normalized spacial score (nSPS) is 12.3. The molecule has 0 spiro atoms. The maximum atomic E-state index is 11.4. The molecule has 0 fully saturated rings. The van der Waals surface area contributed by atoms with Crippen LogP contribution in [-0.4, -0.2) is 29.7 Å². The summed E-state index contributed by atoms with van der Waals surface area (Å²) in [5.74, 6) is -0.119. The summed E-state index contributed by atoms with van der Waals surface area (Å²) in [6.45, 7) is 2.29. The van der Waals surface area contributed by atoms with Crippen molar-refractivity contribution in [1.82, 2.24) is 0 Å². The van der Waals surface area contributed by atoms with E-state index in [9.17, 15) is 9.90 Å². The molecule has 0 aromatic carbocycles. The highest BCUT2D eigenvalue weighted by Gasteiger charge is 2.07. The van der Waals surface area contributed by atoms with Crippen LogP contribution in [0.3, 0.4) is 0 Å². The first-order valence-electron chi connectivity index (χ1n) is 11.6. The fraction of sp³-hybridized carbons (Fsp3) is 0.957. The molecule has 0 heterocycles. The van der Waals surface area contributed by atoms with Gasteiger partial charge in [-0.2, -0.15) is 0 Å². The molecule has 1 atom stereocenters. The van der Waals surface area contributed by atoms with E-state index < -0.39 is 6.10 Å². The SMILES string of the molecule is CCCCCCCCCCCCCCCCCCCC(=O)OCC(O)CCl. The first-order valence-corrected chi connectivity index (χ1v) is 12.1. The Bertz CT molecular complexity index is 310. The molecule has 0 saturated carbocycles. The van der Waals surface area contributed by atoms with Crippen LogP contribution in [0, 0.1) is 0 Å². The quantitative estimate of drug-likeness (QED) is 0.125. The molecule has 27 heavy (non-hydrogen) atoms. The fourth-order valence-electron chi connectivity index (χ4n) is 3.30. The second-order valence-electron chi connectivity index (χ2n) is 7.90. The van der Waals surface area contributed by atoms with Gasteiger partial charge in [0.25, 0.3) is 0 Å². The van der Waals surface area contributed by atoms with Gasteiger partial charge in [-0.3, -0.25) is 4.79 Å². The minimum absolute atomic E-state index is 0.0152. The molecule has 0 aliphatic heterocycles. The summed E-state index contributed by atoms with van der Waals surface area (Å²) < 4.78 is 4.95. The number of ether oxygens (including phenoxy) is 1. The molecular weight excluding hydrogens is 360 g/mol. The zero-order valence-electron chi connectivity index (χ0n) is 17.9. The summed E-state index contributed by atoms with van der Waals surface area (Å²) >= 11 is 5.45. The monoisotopic (exact) mass is 404 g/mol. The predicted molar refractivity (Wildman–Crippen MR) is 116 cm³/mol. The van der Waals surface area contributed by atoms with Crippen molar-refractivity contribution in [3.05, 3.63) is 0 Å². The van der Waals surface area contributed by atoms with Crippen molar-refractivity contribution < 1.29 is 14.6 Å². The molecule has 3 nitrogen and oxygen atoms in total. The van der Waals surface area contributed by atoms with Gasteiger partial charge in [0.2, 0.25) is 0 Å². The van der Waals surface area contributed by atoms with Crippen LogP contribution in [-0.2, 0) is 9.53 Å². The minimum atomic E-state index is -0.744. The summed E-state index contributed by atoms with van der Waals surface area (Å²) in [7, 11) is 0. The number of aliphatic hydroxyl groups excluding tert-OH is 1. The lowest BCUT2D eigenvalue weighted by Crippen LogP contribution is -2.19. The molecule has 0 aliphatic rings. The number of aliphatic hydroxyl groups is 1. The van der Waals surface area contributed by atoms with E-state index in [1.54, 1.807) is 0 Å². The van der Waals surface area contributed by atoms with Crippen LogP contribution in [0.25, 0.3) is 0 Å². The zero-order valence-corrected chi connectivity index (χ0v) is 18.6. The summed E-state index contributed by atoms with van der Waals surface area (Å²) in [6, 6.07) is 0. The predicted octanol–water partition coefficient (Wildman–Crippen LogP) is 7.17. The number of rotatable bonds is 21. The van der Waals surface area contributed by atoms with Gasteiger partial charge in [-0.1, -0.05) is 110 Å². The van der Waals surface area contributed by atoms with E-state index in [-0.39, 0.29) is 18.5 Å². The van der Waals surface area contributed by atoms with Crippen LogP contribution in [0.2, 0.25) is 0 Å². The molecular formula is C23H45ClO3. The fourth-order valence-corrected chi connectivity index (χ4v) is 3.39. The Hall–Kier alpha value is -0.280. The van der Waals surface area contributed by atoms with Gasteiger partial charge in [-0.15, -0.1) is 11.6 Å². The van der Waals surface area contributed by atoms with Gasteiger partial charge in [0.15, 0.2) is 0 Å². The molecule has 0 aromatic rings. The molecule has 0 bridgehead atoms. The van der Waals surface area contributed by atoms with Gasteiger partial charge in [0.05, 0.1) is 5.88 Å². The molecule has 0 aliphatic carbocycles. The molecule has 0 radical (unpaired) electrons. The maximum absolute atomic E-state index is 11.4. The largest absolute Gasteiger partial charge is 0.463 e. The molecule has 162 valence electrons.